The molecule has 128 valence electrons. The number of benzene rings is 1. The van der Waals surface area contributed by atoms with Crippen molar-refractivity contribution in [3.8, 4) is 0 Å². The quantitative estimate of drug-likeness (QED) is 0.859. The number of halogens is 1. The third kappa shape index (κ3) is 5.77. The highest BCUT2D eigenvalue weighted by atomic mass is 35.5. The van der Waals surface area contributed by atoms with Gasteiger partial charge in [-0.3, -0.25) is 9.69 Å². The van der Waals surface area contributed by atoms with E-state index in [-0.39, 0.29) is 12.0 Å². The lowest BCUT2D eigenvalue weighted by molar-refractivity contribution is -0.0137. The van der Waals surface area contributed by atoms with Crippen molar-refractivity contribution >= 4 is 17.5 Å². The van der Waals surface area contributed by atoms with Gasteiger partial charge < -0.3 is 14.7 Å². The minimum Gasteiger partial charge on any atom is -0.389 e. The van der Waals surface area contributed by atoms with E-state index in [4.69, 9.17) is 16.3 Å². The van der Waals surface area contributed by atoms with Crippen LogP contribution in [0.15, 0.2) is 24.3 Å². The molecule has 1 aromatic rings. The van der Waals surface area contributed by atoms with Crippen molar-refractivity contribution in [3.63, 3.8) is 0 Å². The van der Waals surface area contributed by atoms with Gasteiger partial charge in [0.05, 0.1) is 18.8 Å². The molecule has 0 bridgehead atoms. The largest absolute Gasteiger partial charge is 0.389 e. The zero-order chi connectivity index (χ0) is 16.8. The summed E-state index contributed by atoms with van der Waals surface area (Å²) in [4.78, 5) is 16.4. The fourth-order valence-corrected chi connectivity index (χ4v) is 2.69. The number of carbonyl (C=O) groups excluding carboxylic acids is 1. The summed E-state index contributed by atoms with van der Waals surface area (Å²) >= 11 is 5.85. The van der Waals surface area contributed by atoms with Crippen molar-refractivity contribution in [1.29, 1.82) is 0 Å². The number of amides is 1. The number of rotatable bonds is 6. The SMILES string of the molecule is CC(C)OCC(O)CN1CCN(C(=O)c2ccc(Cl)cc2)CC1. The molecule has 1 unspecified atom stereocenters. The van der Waals surface area contributed by atoms with Crippen LogP contribution < -0.4 is 0 Å². The van der Waals surface area contributed by atoms with Crippen LogP contribution in [0.3, 0.4) is 0 Å². The average molecular weight is 341 g/mol. The Labute approximate surface area is 142 Å². The molecule has 1 fully saturated rings. The van der Waals surface area contributed by atoms with E-state index in [9.17, 15) is 9.90 Å². The maximum Gasteiger partial charge on any atom is 0.253 e. The van der Waals surface area contributed by atoms with Gasteiger partial charge in [0.15, 0.2) is 0 Å². The van der Waals surface area contributed by atoms with Crippen LogP contribution in [0, 0.1) is 0 Å². The molecule has 1 atom stereocenters. The van der Waals surface area contributed by atoms with Crippen molar-refractivity contribution in [1.82, 2.24) is 9.80 Å². The standard InChI is InChI=1S/C17H25ClN2O3/c1-13(2)23-12-16(21)11-19-7-9-20(10-8-19)17(22)14-3-5-15(18)6-4-14/h3-6,13,16,21H,7-12H2,1-2H3. The van der Waals surface area contributed by atoms with E-state index in [0.717, 1.165) is 13.1 Å². The molecule has 0 saturated carbocycles. The summed E-state index contributed by atoms with van der Waals surface area (Å²) in [5.41, 5.74) is 0.660. The van der Waals surface area contributed by atoms with E-state index >= 15 is 0 Å². The summed E-state index contributed by atoms with van der Waals surface area (Å²) in [5, 5.41) is 10.6. The van der Waals surface area contributed by atoms with Crippen LogP contribution in [0.2, 0.25) is 5.02 Å². The van der Waals surface area contributed by atoms with Crippen LogP contribution in [-0.4, -0.2) is 72.4 Å². The highest BCUT2D eigenvalue weighted by Crippen LogP contribution is 2.13. The van der Waals surface area contributed by atoms with Crippen LogP contribution in [0.4, 0.5) is 0 Å². The molecule has 0 aliphatic carbocycles. The monoisotopic (exact) mass is 340 g/mol. The van der Waals surface area contributed by atoms with E-state index in [1.165, 1.54) is 0 Å². The Morgan fingerprint density at radius 1 is 1.22 bits per heavy atom. The zero-order valence-electron chi connectivity index (χ0n) is 13.7. The molecular weight excluding hydrogens is 316 g/mol. The number of carbonyl (C=O) groups is 1. The molecule has 0 aromatic heterocycles. The van der Waals surface area contributed by atoms with Crippen molar-refractivity contribution < 1.29 is 14.6 Å². The first-order valence-corrected chi connectivity index (χ1v) is 8.40. The van der Waals surface area contributed by atoms with Crippen LogP contribution >= 0.6 is 11.6 Å². The van der Waals surface area contributed by atoms with Gasteiger partial charge in [-0.1, -0.05) is 11.6 Å². The van der Waals surface area contributed by atoms with Crippen molar-refractivity contribution in [2.75, 3.05) is 39.3 Å². The number of aliphatic hydroxyl groups is 1. The third-order valence-electron chi connectivity index (χ3n) is 3.84. The Kier molecular flexibility index (Phi) is 6.84. The molecule has 0 radical (unpaired) electrons. The zero-order valence-corrected chi connectivity index (χ0v) is 14.5. The topological polar surface area (TPSA) is 53.0 Å². The van der Waals surface area contributed by atoms with Gasteiger partial charge in [-0.15, -0.1) is 0 Å². The number of aliphatic hydroxyl groups excluding tert-OH is 1. The van der Waals surface area contributed by atoms with E-state index < -0.39 is 6.10 Å². The lowest BCUT2D eigenvalue weighted by Crippen LogP contribution is -2.50. The summed E-state index contributed by atoms with van der Waals surface area (Å²) in [6.45, 7) is 7.69. The number of piperazine rings is 1. The Bertz CT molecular complexity index is 499. The average Bonchev–Trinajstić information content (AvgIpc) is 2.54. The van der Waals surface area contributed by atoms with Gasteiger partial charge in [-0.2, -0.15) is 0 Å². The first-order chi connectivity index (χ1) is 11.0. The van der Waals surface area contributed by atoms with Crippen LogP contribution in [0.25, 0.3) is 0 Å². The number of β-amino-alcohol motifs (C(OH)–C–C–N with tert-alkyl or cyclic N) is 1. The number of hydrogen-bond donors (Lipinski definition) is 1. The maximum absolute atomic E-state index is 12.4. The molecule has 1 aromatic carbocycles. The van der Waals surface area contributed by atoms with Gasteiger partial charge in [0.2, 0.25) is 0 Å². The fraction of sp³-hybridized carbons (Fsp3) is 0.588. The Hall–Kier alpha value is -1.14. The summed E-state index contributed by atoms with van der Waals surface area (Å²) in [6, 6.07) is 6.97. The van der Waals surface area contributed by atoms with Gasteiger partial charge in [-0.05, 0) is 38.1 Å². The summed E-state index contributed by atoms with van der Waals surface area (Å²) in [7, 11) is 0. The first-order valence-electron chi connectivity index (χ1n) is 8.02. The highest BCUT2D eigenvalue weighted by Gasteiger charge is 2.23. The predicted molar refractivity (Wildman–Crippen MR) is 90.9 cm³/mol. The molecule has 1 aliphatic rings. The maximum atomic E-state index is 12.4. The van der Waals surface area contributed by atoms with E-state index in [0.29, 0.717) is 36.8 Å². The summed E-state index contributed by atoms with van der Waals surface area (Å²) in [6.07, 6.45) is -0.366. The second-order valence-electron chi connectivity index (χ2n) is 6.14. The lowest BCUT2D eigenvalue weighted by atomic mass is 10.2. The number of nitrogens with zero attached hydrogens (tertiary/aromatic N) is 2. The van der Waals surface area contributed by atoms with Gasteiger partial charge in [0, 0.05) is 43.3 Å². The molecule has 0 spiro atoms. The van der Waals surface area contributed by atoms with Crippen molar-refractivity contribution in [2.24, 2.45) is 0 Å². The number of ether oxygens (including phenoxy) is 1. The molecule has 23 heavy (non-hydrogen) atoms. The molecule has 1 amide bonds. The number of hydrogen-bond acceptors (Lipinski definition) is 4. The van der Waals surface area contributed by atoms with Crippen LogP contribution in [0.5, 0.6) is 0 Å². The Morgan fingerprint density at radius 2 is 1.83 bits per heavy atom. The smallest absolute Gasteiger partial charge is 0.253 e. The fourth-order valence-electron chi connectivity index (χ4n) is 2.56. The van der Waals surface area contributed by atoms with Gasteiger partial charge in [0.25, 0.3) is 5.91 Å². The van der Waals surface area contributed by atoms with Gasteiger partial charge >= 0.3 is 0 Å². The molecule has 5 nitrogen and oxygen atoms in total. The Morgan fingerprint density at radius 3 is 2.39 bits per heavy atom. The Balaban J connectivity index is 1.77. The second-order valence-corrected chi connectivity index (χ2v) is 6.57. The summed E-state index contributed by atoms with van der Waals surface area (Å²) in [5.74, 6) is 0.0324. The molecular formula is C17H25ClN2O3. The van der Waals surface area contributed by atoms with Crippen molar-refractivity contribution in [2.45, 2.75) is 26.1 Å². The van der Waals surface area contributed by atoms with Gasteiger partial charge in [0.1, 0.15) is 0 Å². The molecule has 1 aliphatic heterocycles. The van der Waals surface area contributed by atoms with Gasteiger partial charge in [-0.25, -0.2) is 0 Å². The van der Waals surface area contributed by atoms with E-state index in [1.54, 1.807) is 24.3 Å². The highest BCUT2D eigenvalue weighted by molar-refractivity contribution is 6.30. The summed E-state index contributed by atoms with van der Waals surface area (Å²) < 4.78 is 5.42. The predicted octanol–water partition coefficient (Wildman–Crippen LogP) is 1.88. The minimum absolute atomic E-state index is 0.0324. The normalized spacial score (nSPS) is 17.5. The molecule has 6 heteroatoms. The molecule has 1 N–H and O–H groups in total. The van der Waals surface area contributed by atoms with Crippen LogP contribution in [0.1, 0.15) is 24.2 Å². The molecule has 1 saturated heterocycles. The molecule has 1 heterocycles. The molecule has 2 rings (SSSR count). The second kappa shape index (κ2) is 8.64. The lowest BCUT2D eigenvalue weighted by Gasteiger charge is -2.35. The minimum atomic E-state index is -0.490. The van der Waals surface area contributed by atoms with E-state index in [1.807, 2.05) is 18.7 Å². The third-order valence-corrected chi connectivity index (χ3v) is 4.09. The van der Waals surface area contributed by atoms with Crippen LogP contribution in [-0.2, 0) is 4.74 Å². The van der Waals surface area contributed by atoms with E-state index in [2.05, 4.69) is 4.90 Å². The first kappa shape index (κ1) is 18.2. The van der Waals surface area contributed by atoms with Crippen molar-refractivity contribution in [3.05, 3.63) is 34.9 Å².